The van der Waals surface area contributed by atoms with Gasteiger partial charge in [-0.1, -0.05) is 48.4 Å². The van der Waals surface area contributed by atoms with Crippen molar-refractivity contribution >= 4 is 43.5 Å². The van der Waals surface area contributed by atoms with Crippen molar-refractivity contribution in [2.75, 3.05) is 10.6 Å². The molecule has 3 aromatic rings. The molecule has 4 amide bonds. The lowest BCUT2D eigenvalue weighted by Gasteiger charge is -2.14. The second kappa shape index (κ2) is 10.8. The molecular formula is C24H26N4O6S2. The fourth-order valence-electron chi connectivity index (χ4n) is 3.18. The first-order valence-electron chi connectivity index (χ1n) is 10.8. The molecule has 0 heterocycles. The Balaban J connectivity index is 1.71. The van der Waals surface area contributed by atoms with Gasteiger partial charge in [-0.05, 0) is 62.2 Å². The van der Waals surface area contributed by atoms with Crippen molar-refractivity contribution in [2.45, 2.75) is 37.0 Å². The summed E-state index contributed by atoms with van der Waals surface area (Å²) in [6, 6.07) is 14.5. The largest absolute Gasteiger partial charge is 0.333 e. The zero-order valence-corrected chi connectivity index (χ0v) is 21.5. The van der Waals surface area contributed by atoms with E-state index in [-0.39, 0.29) is 21.2 Å². The average Bonchev–Trinajstić information content (AvgIpc) is 2.79. The molecule has 10 nitrogen and oxygen atoms in total. The number of benzene rings is 3. The van der Waals surface area contributed by atoms with Crippen molar-refractivity contribution in [2.24, 2.45) is 0 Å². The second-order valence-corrected chi connectivity index (χ2v) is 11.3. The van der Waals surface area contributed by atoms with Gasteiger partial charge in [0.1, 0.15) is 0 Å². The van der Waals surface area contributed by atoms with Gasteiger partial charge in [-0.25, -0.2) is 35.9 Å². The highest BCUT2D eigenvalue weighted by molar-refractivity contribution is 7.90. The minimum atomic E-state index is -4.10. The molecule has 0 saturated heterocycles. The molecular weight excluding hydrogens is 504 g/mol. The van der Waals surface area contributed by atoms with Crippen LogP contribution in [0.2, 0.25) is 0 Å². The molecule has 0 aliphatic rings. The molecule has 0 atom stereocenters. The van der Waals surface area contributed by atoms with Crippen LogP contribution in [0.3, 0.4) is 0 Å². The van der Waals surface area contributed by atoms with E-state index in [1.165, 1.54) is 36.4 Å². The summed E-state index contributed by atoms with van der Waals surface area (Å²) in [5, 5.41) is 4.88. The van der Waals surface area contributed by atoms with Crippen molar-refractivity contribution in [1.82, 2.24) is 9.44 Å². The lowest BCUT2D eigenvalue weighted by Crippen LogP contribution is -2.35. The van der Waals surface area contributed by atoms with Crippen LogP contribution >= 0.6 is 0 Å². The van der Waals surface area contributed by atoms with Crippen molar-refractivity contribution < 1.29 is 26.4 Å². The maximum absolute atomic E-state index is 12.5. The van der Waals surface area contributed by atoms with Crippen molar-refractivity contribution in [1.29, 1.82) is 0 Å². The number of sulfonamides is 2. The molecule has 12 heteroatoms. The Kier molecular flexibility index (Phi) is 8.00. The van der Waals surface area contributed by atoms with Crippen LogP contribution in [0.1, 0.15) is 23.6 Å². The van der Waals surface area contributed by atoms with Gasteiger partial charge in [-0.3, -0.25) is 0 Å². The molecule has 3 aromatic carbocycles. The predicted octanol–water partition coefficient (Wildman–Crippen LogP) is 3.89. The van der Waals surface area contributed by atoms with Gasteiger partial charge in [0.15, 0.2) is 0 Å². The SMILES string of the molecule is CCc1ccc(NC(=O)NS(=O)(=O)c2ccc(C)cc2)cc1NC(=O)NS(=O)(=O)c1ccc(C)cc1. The standard InChI is InChI=1S/C24H26N4O6S2/c1-4-18-9-10-19(25-23(29)27-35(31,32)20-11-5-16(2)6-12-20)15-22(18)26-24(30)28-36(33,34)21-13-7-17(3)8-14-21/h5-15H,4H2,1-3H3,(H2,25,27,29)(H2,26,28,30). The number of hydrogen-bond donors (Lipinski definition) is 4. The third kappa shape index (κ3) is 6.83. The summed E-state index contributed by atoms with van der Waals surface area (Å²) in [4.78, 5) is 24.7. The lowest BCUT2D eigenvalue weighted by atomic mass is 10.1. The zero-order chi connectivity index (χ0) is 26.5. The molecule has 0 bridgehead atoms. The summed E-state index contributed by atoms with van der Waals surface area (Å²) >= 11 is 0. The maximum Gasteiger partial charge on any atom is 0.333 e. The van der Waals surface area contributed by atoms with Gasteiger partial charge < -0.3 is 10.6 Å². The number of anilines is 2. The van der Waals surface area contributed by atoms with Crippen LogP contribution in [0, 0.1) is 13.8 Å². The smallest absolute Gasteiger partial charge is 0.307 e. The Hall–Kier alpha value is -3.90. The predicted molar refractivity (Wildman–Crippen MR) is 137 cm³/mol. The third-order valence-corrected chi connectivity index (χ3v) is 7.81. The van der Waals surface area contributed by atoms with Crippen LogP contribution < -0.4 is 20.1 Å². The summed E-state index contributed by atoms with van der Waals surface area (Å²) < 4.78 is 53.7. The maximum atomic E-state index is 12.5. The molecule has 0 aliphatic carbocycles. The highest BCUT2D eigenvalue weighted by Gasteiger charge is 2.20. The summed E-state index contributed by atoms with van der Waals surface area (Å²) in [5.74, 6) is 0. The normalized spacial score (nSPS) is 11.4. The quantitative estimate of drug-likeness (QED) is 0.364. The lowest BCUT2D eigenvalue weighted by molar-refractivity contribution is 0.255. The van der Waals surface area contributed by atoms with Gasteiger partial charge in [0.2, 0.25) is 0 Å². The van der Waals surface area contributed by atoms with Gasteiger partial charge >= 0.3 is 12.1 Å². The van der Waals surface area contributed by atoms with Crippen molar-refractivity contribution in [3.63, 3.8) is 0 Å². The van der Waals surface area contributed by atoms with Crippen molar-refractivity contribution in [3.05, 3.63) is 83.4 Å². The van der Waals surface area contributed by atoms with E-state index in [0.29, 0.717) is 12.0 Å². The number of urea groups is 2. The fraction of sp³-hybridized carbons (Fsp3) is 0.167. The molecule has 4 N–H and O–H groups in total. The monoisotopic (exact) mass is 530 g/mol. The minimum absolute atomic E-state index is 0.0687. The molecule has 0 saturated carbocycles. The van der Waals surface area contributed by atoms with Gasteiger partial charge in [-0.15, -0.1) is 0 Å². The van der Waals surface area contributed by atoms with E-state index in [4.69, 9.17) is 0 Å². The zero-order valence-electron chi connectivity index (χ0n) is 19.8. The van der Waals surface area contributed by atoms with Crippen molar-refractivity contribution in [3.8, 4) is 0 Å². The minimum Gasteiger partial charge on any atom is -0.307 e. The van der Waals surface area contributed by atoms with Crippen LogP contribution in [-0.4, -0.2) is 28.9 Å². The number of nitrogens with one attached hydrogen (secondary N) is 4. The fourth-order valence-corrected chi connectivity index (χ4v) is 4.99. The second-order valence-electron chi connectivity index (χ2n) is 7.97. The average molecular weight is 531 g/mol. The Morgan fingerprint density at radius 2 is 1.11 bits per heavy atom. The van der Waals surface area contributed by atoms with E-state index < -0.39 is 32.1 Å². The van der Waals surface area contributed by atoms with Gasteiger partial charge in [-0.2, -0.15) is 0 Å². The van der Waals surface area contributed by atoms with Gasteiger partial charge in [0.05, 0.1) is 9.79 Å². The molecule has 36 heavy (non-hydrogen) atoms. The number of carbonyl (C=O) groups excluding carboxylic acids is 2. The van der Waals surface area contributed by atoms with E-state index in [2.05, 4.69) is 10.6 Å². The molecule has 0 radical (unpaired) electrons. The summed E-state index contributed by atoms with van der Waals surface area (Å²) in [6.45, 7) is 5.44. The first kappa shape index (κ1) is 26.7. The van der Waals surface area contributed by atoms with Crippen LogP contribution in [0.4, 0.5) is 21.0 Å². The van der Waals surface area contributed by atoms with Gasteiger partial charge in [0, 0.05) is 11.4 Å². The number of rotatable bonds is 7. The third-order valence-electron chi connectivity index (χ3n) is 5.11. The molecule has 0 aliphatic heterocycles. The van der Waals surface area contributed by atoms with Crippen LogP contribution in [-0.2, 0) is 26.5 Å². The number of aryl methyl sites for hydroxylation is 3. The molecule has 0 fully saturated rings. The van der Waals surface area contributed by atoms with Crippen LogP contribution in [0.15, 0.2) is 76.5 Å². The van der Waals surface area contributed by atoms with Crippen LogP contribution in [0.25, 0.3) is 0 Å². The van der Waals surface area contributed by atoms with Crippen LogP contribution in [0.5, 0.6) is 0 Å². The molecule has 0 spiro atoms. The van der Waals surface area contributed by atoms with E-state index in [1.54, 1.807) is 37.3 Å². The van der Waals surface area contributed by atoms with E-state index in [0.717, 1.165) is 11.1 Å². The Labute approximate surface area is 210 Å². The molecule has 0 aromatic heterocycles. The van der Waals surface area contributed by atoms with E-state index in [1.807, 2.05) is 23.3 Å². The number of hydrogen-bond acceptors (Lipinski definition) is 6. The Morgan fingerprint density at radius 1 is 0.667 bits per heavy atom. The van der Waals surface area contributed by atoms with Gasteiger partial charge in [0.25, 0.3) is 20.0 Å². The van der Waals surface area contributed by atoms with E-state index in [9.17, 15) is 26.4 Å². The first-order valence-corrected chi connectivity index (χ1v) is 13.8. The Bertz CT molecular complexity index is 1480. The summed E-state index contributed by atoms with van der Waals surface area (Å²) in [7, 11) is -8.20. The number of amides is 4. The highest BCUT2D eigenvalue weighted by Crippen LogP contribution is 2.22. The number of carbonyl (C=O) groups is 2. The highest BCUT2D eigenvalue weighted by atomic mass is 32.2. The van der Waals surface area contributed by atoms with E-state index >= 15 is 0 Å². The Morgan fingerprint density at radius 3 is 1.56 bits per heavy atom. The molecule has 3 rings (SSSR count). The topological polar surface area (TPSA) is 151 Å². The summed E-state index contributed by atoms with van der Waals surface area (Å²) in [5.41, 5.74) is 2.82. The first-order chi connectivity index (χ1) is 16.9. The summed E-state index contributed by atoms with van der Waals surface area (Å²) in [6.07, 6.45) is 0.495. The molecule has 190 valence electrons. The molecule has 0 unspecified atom stereocenters.